The van der Waals surface area contributed by atoms with Gasteiger partial charge in [-0.2, -0.15) is 0 Å². The molecule has 0 aliphatic heterocycles. The second kappa shape index (κ2) is 14.4. The number of benzene rings is 3. The smallest absolute Gasteiger partial charge is 0.244 e. The first-order valence-corrected chi connectivity index (χ1v) is 15.3. The Balaban J connectivity index is 2.03. The molecule has 208 valence electrons. The number of nitrogens with zero attached hydrogens (tertiary/aromatic N) is 2. The van der Waals surface area contributed by atoms with Crippen LogP contribution in [0.1, 0.15) is 30.9 Å². The van der Waals surface area contributed by atoms with Gasteiger partial charge in [0.2, 0.25) is 21.8 Å². The molecule has 0 fully saturated rings. The summed E-state index contributed by atoms with van der Waals surface area (Å²) in [6, 6.07) is 22.2. The van der Waals surface area contributed by atoms with Crippen LogP contribution in [0.25, 0.3) is 0 Å². The zero-order valence-electron chi connectivity index (χ0n) is 22.0. The highest BCUT2D eigenvalue weighted by molar-refractivity contribution is 7.92. The Kier molecular flexibility index (Phi) is 11.2. The lowest BCUT2D eigenvalue weighted by atomic mass is 10.0. The monoisotopic (exact) mass is 589 g/mol. The van der Waals surface area contributed by atoms with Gasteiger partial charge >= 0.3 is 0 Å². The highest BCUT2D eigenvalue weighted by Gasteiger charge is 2.33. The van der Waals surface area contributed by atoms with Gasteiger partial charge in [-0.25, -0.2) is 8.42 Å². The number of sulfonamides is 1. The maximum absolute atomic E-state index is 14.0. The summed E-state index contributed by atoms with van der Waals surface area (Å²) < 4.78 is 26.6. The number of unbranched alkanes of at least 4 members (excludes halogenated alkanes) is 1. The van der Waals surface area contributed by atoms with Crippen molar-refractivity contribution in [1.82, 2.24) is 10.2 Å². The topological polar surface area (TPSA) is 86.8 Å². The van der Waals surface area contributed by atoms with Crippen molar-refractivity contribution >= 4 is 50.7 Å². The molecule has 3 rings (SSSR count). The first kappa shape index (κ1) is 30.5. The second-order valence-corrected chi connectivity index (χ2v) is 12.0. The molecular formula is C29H33Cl2N3O4S. The first-order valence-electron chi connectivity index (χ1n) is 12.7. The van der Waals surface area contributed by atoms with E-state index in [9.17, 15) is 18.0 Å². The number of carbonyl (C=O) groups is 2. The van der Waals surface area contributed by atoms with Crippen molar-refractivity contribution in [3.05, 3.63) is 100 Å². The number of anilines is 1. The molecule has 0 aliphatic rings. The predicted molar refractivity (Wildman–Crippen MR) is 157 cm³/mol. The summed E-state index contributed by atoms with van der Waals surface area (Å²) in [6.07, 6.45) is 2.97. The average molecular weight is 591 g/mol. The maximum Gasteiger partial charge on any atom is 0.244 e. The van der Waals surface area contributed by atoms with Gasteiger partial charge in [0.15, 0.2) is 0 Å². The Morgan fingerprint density at radius 3 is 2.10 bits per heavy atom. The van der Waals surface area contributed by atoms with Crippen LogP contribution in [0.4, 0.5) is 5.69 Å². The summed E-state index contributed by atoms with van der Waals surface area (Å²) in [5.41, 5.74) is 1.81. The Hall–Kier alpha value is -3.07. The molecular weight excluding hydrogens is 557 g/mol. The van der Waals surface area contributed by atoms with Gasteiger partial charge in [0.25, 0.3) is 0 Å². The van der Waals surface area contributed by atoms with Gasteiger partial charge in [0.05, 0.1) is 17.0 Å². The first-order chi connectivity index (χ1) is 18.6. The van der Waals surface area contributed by atoms with Crippen LogP contribution in [0.15, 0.2) is 78.9 Å². The zero-order chi connectivity index (χ0) is 28.4. The molecule has 3 aromatic carbocycles. The molecule has 0 saturated heterocycles. The van der Waals surface area contributed by atoms with Crippen LogP contribution < -0.4 is 9.62 Å². The second-order valence-electron chi connectivity index (χ2n) is 9.22. The fourth-order valence-corrected chi connectivity index (χ4v) is 5.54. The van der Waals surface area contributed by atoms with Crippen molar-refractivity contribution in [3.63, 3.8) is 0 Å². The molecule has 10 heteroatoms. The van der Waals surface area contributed by atoms with Crippen LogP contribution in [-0.4, -0.2) is 50.5 Å². The molecule has 39 heavy (non-hydrogen) atoms. The lowest BCUT2D eigenvalue weighted by molar-refractivity contribution is -0.140. The highest BCUT2D eigenvalue weighted by Crippen LogP contribution is 2.30. The number of rotatable bonds is 13. The predicted octanol–water partition coefficient (Wildman–Crippen LogP) is 5.32. The molecule has 1 atom stereocenters. The minimum Gasteiger partial charge on any atom is -0.354 e. The molecule has 0 saturated carbocycles. The van der Waals surface area contributed by atoms with Crippen LogP contribution in [0, 0.1) is 0 Å². The molecule has 1 N–H and O–H groups in total. The van der Waals surface area contributed by atoms with Crippen LogP contribution in [0.2, 0.25) is 10.0 Å². The van der Waals surface area contributed by atoms with E-state index in [2.05, 4.69) is 5.32 Å². The lowest BCUT2D eigenvalue weighted by Crippen LogP contribution is -2.53. The number of hydrogen-bond acceptors (Lipinski definition) is 4. The van der Waals surface area contributed by atoms with Gasteiger partial charge in [-0.1, -0.05) is 97.2 Å². The fraction of sp³-hybridized carbons (Fsp3) is 0.310. The molecule has 3 aromatic rings. The van der Waals surface area contributed by atoms with E-state index < -0.39 is 28.5 Å². The van der Waals surface area contributed by atoms with Gasteiger partial charge in [-0.05, 0) is 35.7 Å². The van der Waals surface area contributed by atoms with Crippen LogP contribution in [-0.2, 0) is 32.6 Å². The van der Waals surface area contributed by atoms with Gasteiger partial charge in [-0.3, -0.25) is 13.9 Å². The van der Waals surface area contributed by atoms with E-state index in [1.165, 1.54) is 23.1 Å². The van der Waals surface area contributed by atoms with Crippen molar-refractivity contribution in [2.24, 2.45) is 0 Å². The minimum absolute atomic E-state index is 0.0912. The lowest BCUT2D eigenvalue weighted by Gasteiger charge is -2.33. The van der Waals surface area contributed by atoms with E-state index in [0.29, 0.717) is 11.6 Å². The Morgan fingerprint density at radius 2 is 1.54 bits per heavy atom. The average Bonchev–Trinajstić information content (AvgIpc) is 2.90. The number of halogens is 2. The number of amides is 2. The van der Waals surface area contributed by atoms with Gasteiger partial charge in [-0.15, -0.1) is 0 Å². The summed E-state index contributed by atoms with van der Waals surface area (Å²) in [4.78, 5) is 29.0. The molecule has 0 heterocycles. The highest BCUT2D eigenvalue weighted by atomic mass is 35.5. The molecule has 0 spiro atoms. The van der Waals surface area contributed by atoms with Crippen LogP contribution in [0.3, 0.4) is 0 Å². The Bertz CT molecular complexity index is 1360. The molecule has 0 aliphatic carbocycles. The maximum atomic E-state index is 14.0. The largest absolute Gasteiger partial charge is 0.354 e. The van der Waals surface area contributed by atoms with Crippen LogP contribution in [0.5, 0.6) is 0 Å². The summed E-state index contributed by atoms with van der Waals surface area (Å²) >= 11 is 12.4. The quantitative estimate of drug-likeness (QED) is 0.273. The van der Waals surface area contributed by atoms with E-state index in [-0.39, 0.29) is 29.6 Å². The summed E-state index contributed by atoms with van der Waals surface area (Å²) in [7, 11) is -3.92. The minimum atomic E-state index is -3.92. The Labute approximate surface area is 240 Å². The molecule has 1 unspecified atom stereocenters. The van der Waals surface area contributed by atoms with Crippen molar-refractivity contribution < 1.29 is 18.0 Å². The van der Waals surface area contributed by atoms with Crippen molar-refractivity contribution in [1.29, 1.82) is 0 Å². The van der Waals surface area contributed by atoms with E-state index in [4.69, 9.17) is 23.2 Å². The van der Waals surface area contributed by atoms with Gasteiger partial charge in [0, 0.05) is 24.5 Å². The number of nitrogens with one attached hydrogen (secondary N) is 1. The number of hydrogen-bond donors (Lipinski definition) is 1. The van der Waals surface area contributed by atoms with Crippen molar-refractivity contribution in [3.8, 4) is 0 Å². The standard InChI is InChI=1S/C29H33Cl2N3O4S/c1-3-4-17-32-29(36)27(18-22-11-7-5-8-12-22)33(20-23-13-9-6-10-14-23)28(35)21-34(39(2,37)38)26-16-15-24(30)19-25(26)31/h5-16,19,27H,3-4,17-18,20-21H2,1-2H3,(H,32,36). The number of carbonyl (C=O) groups excluding carboxylic acids is 2. The summed E-state index contributed by atoms with van der Waals surface area (Å²) in [5, 5.41) is 3.38. The molecule has 0 bridgehead atoms. The van der Waals surface area contributed by atoms with Gasteiger partial charge < -0.3 is 10.2 Å². The molecule has 0 aromatic heterocycles. The normalized spacial score (nSPS) is 12.0. The van der Waals surface area contributed by atoms with E-state index in [1.807, 2.05) is 67.6 Å². The molecule has 0 radical (unpaired) electrons. The third-order valence-corrected chi connectivity index (χ3v) is 7.82. The fourth-order valence-electron chi connectivity index (χ4n) is 4.12. The van der Waals surface area contributed by atoms with Crippen molar-refractivity contribution in [2.45, 2.75) is 38.8 Å². The van der Waals surface area contributed by atoms with E-state index in [0.717, 1.165) is 34.5 Å². The van der Waals surface area contributed by atoms with Crippen LogP contribution >= 0.6 is 23.2 Å². The third-order valence-electron chi connectivity index (χ3n) is 6.15. The van der Waals surface area contributed by atoms with E-state index >= 15 is 0 Å². The third kappa shape index (κ3) is 8.98. The summed E-state index contributed by atoms with van der Waals surface area (Å²) in [5.74, 6) is -0.839. The summed E-state index contributed by atoms with van der Waals surface area (Å²) in [6.45, 7) is 2.08. The van der Waals surface area contributed by atoms with Gasteiger partial charge in [0.1, 0.15) is 12.6 Å². The van der Waals surface area contributed by atoms with E-state index in [1.54, 1.807) is 0 Å². The SMILES string of the molecule is CCCCNC(=O)C(Cc1ccccc1)N(Cc1ccccc1)C(=O)CN(c1ccc(Cl)cc1Cl)S(C)(=O)=O. The Morgan fingerprint density at radius 1 is 0.923 bits per heavy atom. The zero-order valence-corrected chi connectivity index (χ0v) is 24.3. The molecule has 7 nitrogen and oxygen atoms in total. The van der Waals surface area contributed by atoms with Crippen molar-refractivity contribution in [2.75, 3.05) is 23.7 Å². The molecule has 2 amide bonds.